The molecule has 0 amide bonds. The maximum Gasteiger partial charge on any atom is 0.216 e. The number of rotatable bonds is 4. The molecule has 0 aliphatic carbocycles. The third-order valence-corrected chi connectivity index (χ3v) is 2.09. The first-order chi connectivity index (χ1) is 5.92. The number of aliphatic imine (C=N–C) groups is 1. The maximum absolute atomic E-state index is 5.40. The van der Waals surface area contributed by atoms with Crippen LogP contribution in [0.15, 0.2) is 17.6 Å². The summed E-state index contributed by atoms with van der Waals surface area (Å²) in [6.45, 7) is 5.19. The predicted octanol–water partition coefficient (Wildman–Crippen LogP) is 1.15. The summed E-state index contributed by atoms with van der Waals surface area (Å²) in [5.74, 6) is 0.809. The van der Waals surface area contributed by atoms with Crippen LogP contribution < -0.4 is 0 Å². The molecule has 0 radical (unpaired) electrons. The summed E-state index contributed by atoms with van der Waals surface area (Å²) in [6, 6.07) is 0. The van der Waals surface area contributed by atoms with Gasteiger partial charge in [0, 0.05) is 0 Å². The molecule has 2 aliphatic rings. The Kier molecular flexibility index (Phi) is 2.13. The van der Waals surface area contributed by atoms with Crippen LogP contribution >= 0.6 is 0 Å². The Bertz CT molecular complexity index is 213. The first-order valence-corrected chi connectivity index (χ1v) is 4.35. The van der Waals surface area contributed by atoms with E-state index in [1.54, 1.807) is 0 Å². The van der Waals surface area contributed by atoms with Crippen LogP contribution in [0.25, 0.3) is 0 Å². The van der Waals surface area contributed by atoms with E-state index in [1.165, 1.54) is 0 Å². The van der Waals surface area contributed by atoms with Gasteiger partial charge in [-0.15, -0.1) is 6.58 Å². The lowest BCUT2D eigenvalue weighted by Gasteiger charge is -1.94. The number of allylic oxidation sites excluding steroid dienone is 1. The molecule has 0 N–H and O–H groups in total. The van der Waals surface area contributed by atoms with Crippen molar-refractivity contribution in [1.82, 2.24) is 0 Å². The molecule has 0 aromatic carbocycles. The lowest BCUT2D eigenvalue weighted by atomic mass is 10.2. The highest BCUT2D eigenvalue weighted by molar-refractivity contribution is 5.84. The van der Waals surface area contributed by atoms with Crippen LogP contribution in [0.1, 0.15) is 12.8 Å². The average molecular weight is 167 g/mol. The Morgan fingerprint density at radius 2 is 2.58 bits per heavy atom. The molecule has 3 heteroatoms. The molecule has 0 spiro atoms. The predicted molar refractivity (Wildman–Crippen MR) is 46.3 cm³/mol. The average Bonchev–Trinajstić information content (AvgIpc) is 2.64. The van der Waals surface area contributed by atoms with E-state index in [9.17, 15) is 0 Å². The van der Waals surface area contributed by atoms with Crippen molar-refractivity contribution in [2.75, 3.05) is 13.2 Å². The maximum atomic E-state index is 5.40. The van der Waals surface area contributed by atoms with Crippen molar-refractivity contribution in [2.45, 2.75) is 25.0 Å². The Balaban J connectivity index is 1.75. The molecule has 1 saturated heterocycles. The lowest BCUT2D eigenvalue weighted by Crippen LogP contribution is -2.10. The smallest absolute Gasteiger partial charge is 0.216 e. The molecule has 2 aliphatic heterocycles. The van der Waals surface area contributed by atoms with E-state index in [2.05, 4.69) is 11.6 Å². The summed E-state index contributed by atoms with van der Waals surface area (Å²) in [4.78, 5) is 4.20. The number of hydrogen-bond donors (Lipinski definition) is 0. The second-order valence-electron chi connectivity index (χ2n) is 3.03. The summed E-state index contributed by atoms with van der Waals surface area (Å²) in [6.07, 6.45) is 4.45. The van der Waals surface area contributed by atoms with Crippen LogP contribution in [-0.4, -0.2) is 31.3 Å². The van der Waals surface area contributed by atoms with Gasteiger partial charge in [-0.05, 0) is 12.8 Å². The Morgan fingerprint density at radius 3 is 3.25 bits per heavy atom. The molecule has 2 unspecified atom stereocenters. The van der Waals surface area contributed by atoms with Gasteiger partial charge in [-0.3, -0.25) is 0 Å². The zero-order valence-corrected chi connectivity index (χ0v) is 7.03. The van der Waals surface area contributed by atoms with Crippen LogP contribution in [-0.2, 0) is 9.47 Å². The highest BCUT2D eigenvalue weighted by Gasteiger charge is 2.44. The molecule has 0 bridgehead atoms. The van der Waals surface area contributed by atoms with Crippen molar-refractivity contribution in [3.63, 3.8) is 0 Å². The molecule has 12 heavy (non-hydrogen) atoms. The fourth-order valence-corrected chi connectivity index (χ4v) is 1.39. The molecule has 3 nitrogen and oxygen atoms in total. The second-order valence-corrected chi connectivity index (χ2v) is 3.03. The molecule has 0 saturated carbocycles. The summed E-state index contributed by atoms with van der Waals surface area (Å²) in [5.41, 5.74) is 0. The van der Waals surface area contributed by atoms with Gasteiger partial charge in [0.1, 0.15) is 6.61 Å². The third kappa shape index (κ3) is 1.50. The first-order valence-electron chi connectivity index (χ1n) is 4.35. The van der Waals surface area contributed by atoms with Gasteiger partial charge in [0.15, 0.2) is 6.10 Å². The van der Waals surface area contributed by atoms with E-state index in [-0.39, 0.29) is 6.10 Å². The Hall–Kier alpha value is -0.830. The minimum Gasteiger partial charge on any atom is -0.477 e. The second kappa shape index (κ2) is 3.27. The largest absolute Gasteiger partial charge is 0.477 e. The minimum atomic E-state index is 0.160. The van der Waals surface area contributed by atoms with Gasteiger partial charge in [0.05, 0.1) is 12.6 Å². The van der Waals surface area contributed by atoms with Crippen LogP contribution in [0.3, 0.4) is 0 Å². The molecule has 2 rings (SSSR count). The summed E-state index contributed by atoms with van der Waals surface area (Å²) in [5, 5.41) is 0. The van der Waals surface area contributed by atoms with Gasteiger partial charge >= 0.3 is 0 Å². The molecule has 2 atom stereocenters. The van der Waals surface area contributed by atoms with Crippen molar-refractivity contribution >= 4 is 5.90 Å². The van der Waals surface area contributed by atoms with Crippen LogP contribution in [0.5, 0.6) is 0 Å². The van der Waals surface area contributed by atoms with Gasteiger partial charge in [0.25, 0.3) is 0 Å². The van der Waals surface area contributed by atoms with Crippen LogP contribution in [0.4, 0.5) is 0 Å². The molecular weight excluding hydrogens is 154 g/mol. The van der Waals surface area contributed by atoms with E-state index >= 15 is 0 Å². The topological polar surface area (TPSA) is 34.1 Å². The first kappa shape index (κ1) is 7.80. The van der Waals surface area contributed by atoms with E-state index in [0.29, 0.717) is 6.10 Å². The molecule has 0 aromatic rings. The van der Waals surface area contributed by atoms with Gasteiger partial charge < -0.3 is 9.47 Å². The summed E-state index contributed by atoms with van der Waals surface area (Å²) in [7, 11) is 0. The molecule has 66 valence electrons. The monoisotopic (exact) mass is 167 g/mol. The minimum absolute atomic E-state index is 0.160. The zero-order chi connectivity index (χ0) is 8.39. The number of nitrogens with zero attached hydrogens (tertiary/aromatic N) is 1. The number of ether oxygens (including phenoxy) is 2. The molecule has 2 heterocycles. The van der Waals surface area contributed by atoms with Crippen molar-refractivity contribution < 1.29 is 9.47 Å². The Labute approximate surface area is 72.1 Å². The van der Waals surface area contributed by atoms with E-state index < -0.39 is 0 Å². The van der Waals surface area contributed by atoms with Crippen molar-refractivity contribution in [2.24, 2.45) is 4.99 Å². The standard InChI is InChI=1S/C9H13NO2/c1-2-3-4-7-8(12-7)9-10-5-6-11-9/h2,7-8H,1,3-6H2. The summed E-state index contributed by atoms with van der Waals surface area (Å²) < 4.78 is 10.7. The van der Waals surface area contributed by atoms with E-state index in [4.69, 9.17) is 9.47 Å². The lowest BCUT2D eigenvalue weighted by molar-refractivity contribution is 0.316. The van der Waals surface area contributed by atoms with Crippen molar-refractivity contribution in [3.8, 4) is 0 Å². The normalized spacial score (nSPS) is 32.5. The molecule has 0 aromatic heterocycles. The quantitative estimate of drug-likeness (QED) is 0.465. The van der Waals surface area contributed by atoms with Crippen LogP contribution in [0, 0.1) is 0 Å². The fourth-order valence-electron chi connectivity index (χ4n) is 1.39. The fraction of sp³-hybridized carbons (Fsp3) is 0.667. The van der Waals surface area contributed by atoms with E-state index in [1.807, 2.05) is 6.08 Å². The van der Waals surface area contributed by atoms with Gasteiger partial charge in [-0.25, -0.2) is 4.99 Å². The summed E-state index contributed by atoms with van der Waals surface area (Å²) >= 11 is 0. The molecular formula is C9H13NO2. The van der Waals surface area contributed by atoms with Gasteiger partial charge in [-0.1, -0.05) is 6.08 Å². The Morgan fingerprint density at radius 1 is 1.67 bits per heavy atom. The number of hydrogen-bond acceptors (Lipinski definition) is 3. The van der Waals surface area contributed by atoms with Gasteiger partial charge in [-0.2, -0.15) is 0 Å². The van der Waals surface area contributed by atoms with E-state index in [0.717, 1.165) is 31.9 Å². The SMILES string of the molecule is C=CCCC1OC1C1=NCCO1. The van der Waals surface area contributed by atoms with Crippen molar-refractivity contribution in [1.29, 1.82) is 0 Å². The molecule has 1 fully saturated rings. The highest BCUT2D eigenvalue weighted by atomic mass is 16.6. The number of epoxide rings is 1. The zero-order valence-electron chi connectivity index (χ0n) is 7.03. The third-order valence-electron chi connectivity index (χ3n) is 2.09. The highest BCUT2D eigenvalue weighted by Crippen LogP contribution is 2.29. The van der Waals surface area contributed by atoms with Crippen LogP contribution in [0.2, 0.25) is 0 Å². The van der Waals surface area contributed by atoms with Crippen molar-refractivity contribution in [3.05, 3.63) is 12.7 Å². The van der Waals surface area contributed by atoms with Gasteiger partial charge in [0.2, 0.25) is 5.90 Å².